The summed E-state index contributed by atoms with van der Waals surface area (Å²) < 4.78 is 0. The van der Waals surface area contributed by atoms with Crippen molar-refractivity contribution in [2.75, 3.05) is 31.0 Å². The van der Waals surface area contributed by atoms with Gasteiger partial charge in [-0.2, -0.15) is 11.8 Å². The Morgan fingerprint density at radius 2 is 2.00 bits per heavy atom. The molecule has 2 rings (SSSR count). The molecular formula is C18H24N4OS. The maximum atomic E-state index is 12.2. The second kappa shape index (κ2) is 9.17. The molecule has 1 heterocycles. The van der Waals surface area contributed by atoms with Crippen molar-refractivity contribution < 1.29 is 4.79 Å². The minimum absolute atomic E-state index is 0.00373. The van der Waals surface area contributed by atoms with Gasteiger partial charge in [-0.3, -0.25) is 0 Å². The third-order valence-electron chi connectivity index (χ3n) is 3.56. The van der Waals surface area contributed by atoms with Crippen LogP contribution in [0, 0.1) is 0 Å². The van der Waals surface area contributed by atoms with Crippen LogP contribution < -0.4 is 15.5 Å². The number of carbonyl (C=O) groups excluding carboxylic acids is 1. The molecule has 2 N–H and O–H groups in total. The Labute approximate surface area is 147 Å². The third-order valence-corrected chi connectivity index (χ3v) is 4.23. The molecule has 2 amide bonds. The van der Waals surface area contributed by atoms with E-state index in [9.17, 15) is 4.79 Å². The molecule has 6 heteroatoms. The SMILES string of the molecule is CSC[C@@H](NC(=O)NCc1ccnc(N(C)C)c1)c1ccccc1. The van der Waals surface area contributed by atoms with E-state index < -0.39 is 0 Å². The van der Waals surface area contributed by atoms with Gasteiger partial charge in [-0.1, -0.05) is 30.3 Å². The normalized spacial score (nSPS) is 11.6. The zero-order valence-electron chi connectivity index (χ0n) is 14.3. The molecule has 0 radical (unpaired) electrons. The smallest absolute Gasteiger partial charge is 0.315 e. The van der Waals surface area contributed by atoms with Gasteiger partial charge in [-0.05, 0) is 29.5 Å². The van der Waals surface area contributed by atoms with E-state index in [1.54, 1.807) is 18.0 Å². The Balaban J connectivity index is 1.93. The van der Waals surface area contributed by atoms with E-state index in [2.05, 4.69) is 15.6 Å². The number of aromatic nitrogens is 1. The number of benzene rings is 1. The molecule has 0 fully saturated rings. The molecule has 0 aliphatic heterocycles. The second-order valence-corrected chi connectivity index (χ2v) is 6.57. The minimum Gasteiger partial charge on any atom is -0.363 e. The van der Waals surface area contributed by atoms with Crippen LogP contribution in [0.3, 0.4) is 0 Å². The highest BCUT2D eigenvalue weighted by Gasteiger charge is 2.13. The zero-order chi connectivity index (χ0) is 17.4. The third kappa shape index (κ3) is 5.45. The zero-order valence-corrected chi connectivity index (χ0v) is 15.1. The molecule has 0 aliphatic rings. The molecular weight excluding hydrogens is 320 g/mol. The van der Waals surface area contributed by atoms with Crippen LogP contribution in [0.25, 0.3) is 0 Å². The highest BCUT2D eigenvalue weighted by Crippen LogP contribution is 2.16. The van der Waals surface area contributed by atoms with E-state index in [1.165, 1.54) is 0 Å². The number of nitrogens with one attached hydrogen (secondary N) is 2. The van der Waals surface area contributed by atoms with E-state index in [4.69, 9.17) is 0 Å². The molecule has 5 nitrogen and oxygen atoms in total. The molecule has 0 aliphatic carbocycles. The largest absolute Gasteiger partial charge is 0.363 e. The fourth-order valence-corrected chi connectivity index (χ4v) is 2.89. The summed E-state index contributed by atoms with van der Waals surface area (Å²) in [5.74, 6) is 1.71. The molecule has 0 unspecified atom stereocenters. The van der Waals surface area contributed by atoms with Crippen LogP contribution >= 0.6 is 11.8 Å². The summed E-state index contributed by atoms with van der Waals surface area (Å²) in [5, 5.41) is 5.96. The van der Waals surface area contributed by atoms with Crippen LogP contribution in [-0.4, -0.2) is 37.1 Å². The molecule has 1 atom stereocenters. The van der Waals surface area contributed by atoms with Gasteiger partial charge >= 0.3 is 6.03 Å². The van der Waals surface area contributed by atoms with Crippen LogP contribution in [0.1, 0.15) is 17.2 Å². The van der Waals surface area contributed by atoms with Crippen molar-refractivity contribution in [3.8, 4) is 0 Å². The van der Waals surface area contributed by atoms with E-state index in [0.717, 1.165) is 22.7 Å². The maximum absolute atomic E-state index is 12.2. The van der Waals surface area contributed by atoms with Gasteiger partial charge in [0.15, 0.2) is 0 Å². The van der Waals surface area contributed by atoms with Gasteiger partial charge in [0, 0.05) is 32.6 Å². The maximum Gasteiger partial charge on any atom is 0.315 e. The van der Waals surface area contributed by atoms with E-state index in [1.807, 2.05) is 67.7 Å². The Morgan fingerprint density at radius 1 is 1.25 bits per heavy atom. The van der Waals surface area contributed by atoms with E-state index in [-0.39, 0.29) is 12.1 Å². The van der Waals surface area contributed by atoms with Crippen molar-refractivity contribution >= 4 is 23.6 Å². The molecule has 0 saturated carbocycles. The summed E-state index contributed by atoms with van der Waals surface area (Å²) in [7, 11) is 3.89. The van der Waals surface area contributed by atoms with Crippen LogP contribution in [0.4, 0.5) is 10.6 Å². The lowest BCUT2D eigenvalue weighted by Crippen LogP contribution is -2.38. The molecule has 1 aromatic heterocycles. The Hall–Kier alpha value is -2.21. The fraction of sp³-hybridized carbons (Fsp3) is 0.333. The quantitative estimate of drug-likeness (QED) is 0.810. The Morgan fingerprint density at radius 3 is 2.67 bits per heavy atom. The number of thioether (sulfide) groups is 1. The molecule has 24 heavy (non-hydrogen) atoms. The van der Waals surface area contributed by atoms with Crippen molar-refractivity contribution in [3.05, 3.63) is 59.8 Å². The molecule has 128 valence electrons. The highest BCUT2D eigenvalue weighted by molar-refractivity contribution is 7.98. The van der Waals surface area contributed by atoms with Crippen LogP contribution in [0.5, 0.6) is 0 Å². The average Bonchev–Trinajstić information content (AvgIpc) is 2.60. The monoisotopic (exact) mass is 344 g/mol. The summed E-state index contributed by atoms with van der Waals surface area (Å²) >= 11 is 1.71. The number of hydrogen-bond acceptors (Lipinski definition) is 4. The standard InChI is InChI=1S/C18H24N4OS/c1-22(2)17-11-14(9-10-19-17)12-20-18(23)21-16(13-24-3)15-7-5-4-6-8-15/h4-11,16H,12-13H2,1-3H3,(H2,20,21,23)/t16-/m1/s1. The number of pyridine rings is 1. The lowest BCUT2D eigenvalue weighted by molar-refractivity contribution is 0.237. The fourth-order valence-electron chi connectivity index (χ4n) is 2.28. The van der Waals surface area contributed by atoms with Crippen molar-refractivity contribution in [3.63, 3.8) is 0 Å². The first-order chi connectivity index (χ1) is 11.6. The van der Waals surface area contributed by atoms with Gasteiger partial charge in [0.2, 0.25) is 0 Å². The molecule has 2 aromatic rings. The lowest BCUT2D eigenvalue weighted by atomic mass is 10.1. The first kappa shape index (κ1) is 18.1. The summed E-state index contributed by atoms with van der Waals surface area (Å²) in [4.78, 5) is 18.4. The number of rotatable bonds is 7. The topological polar surface area (TPSA) is 57.3 Å². The number of amides is 2. The summed E-state index contributed by atoms with van der Waals surface area (Å²) in [6.07, 6.45) is 3.79. The number of hydrogen-bond donors (Lipinski definition) is 2. The first-order valence-corrected chi connectivity index (χ1v) is 9.20. The van der Waals surface area contributed by atoms with Crippen LogP contribution in [0.2, 0.25) is 0 Å². The van der Waals surface area contributed by atoms with Gasteiger partial charge in [0.1, 0.15) is 5.82 Å². The van der Waals surface area contributed by atoms with E-state index >= 15 is 0 Å². The van der Waals surface area contributed by atoms with Crippen LogP contribution in [-0.2, 0) is 6.54 Å². The number of urea groups is 1. The van der Waals surface area contributed by atoms with Gasteiger partial charge < -0.3 is 15.5 Å². The van der Waals surface area contributed by atoms with Gasteiger partial charge in [-0.25, -0.2) is 9.78 Å². The van der Waals surface area contributed by atoms with Crippen molar-refractivity contribution in [1.29, 1.82) is 0 Å². The predicted molar refractivity (Wildman–Crippen MR) is 102 cm³/mol. The lowest BCUT2D eigenvalue weighted by Gasteiger charge is -2.19. The molecule has 0 spiro atoms. The Kier molecular flexibility index (Phi) is 6.93. The predicted octanol–water partition coefficient (Wildman–Crippen LogP) is 3.05. The van der Waals surface area contributed by atoms with Crippen LogP contribution in [0.15, 0.2) is 48.7 Å². The summed E-state index contributed by atoms with van der Waals surface area (Å²) in [5.41, 5.74) is 2.13. The van der Waals surface area contributed by atoms with Crippen molar-refractivity contribution in [2.24, 2.45) is 0 Å². The molecule has 0 bridgehead atoms. The van der Waals surface area contributed by atoms with Crippen molar-refractivity contribution in [1.82, 2.24) is 15.6 Å². The first-order valence-electron chi connectivity index (χ1n) is 7.80. The second-order valence-electron chi connectivity index (χ2n) is 5.66. The van der Waals surface area contributed by atoms with Gasteiger partial charge in [0.05, 0.1) is 6.04 Å². The van der Waals surface area contributed by atoms with E-state index in [0.29, 0.717) is 6.54 Å². The molecule has 1 aromatic carbocycles. The summed E-state index contributed by atoms with van der Waals surface area (Å²) in [6, 6.07) is 13.7. The minimum atomic E-state index is -0.166. The molecule has 0 saturated heterocycles. The van der Waals surface area contributed by atoms with Crippen molar-refractivity contribution in [2.45, 2.75) is 12.6 Å². The van der Waals surface area contributed by atoms with Gasteiger partial charge in [0.25, 0.3) is 0 Å². The number of anilines is 1. The number of carbonyl (C=O) groups is 1. The summed E-state index contributed by atoms with van der Waals surface area (Å²) in [6.45, 7) is 0.468. The van der Waals surface area contributed by atoms with Gasteiger partial charge in [-0.15, -0.1) is 0 Å². The highest BCUT2D eigenvalue weighted by atomic mass is 32.2. The Bertz CT molecular complexity index is 648. The number of nitrogens with zero attached hydrogens (tertiary/aromatic N) is 2. The average molecular weight is 344 g/mol.